The Balaban J connectivity index is 2.36. The second kappa shape index (κ2) is 5.79. The molecule has 0 unspecified atom stereocenters. The molecule has 0 saturated heterocycles. The quantitative estimate of drug-likeness (QED) is 0.820. The van der Waals surface area contributed by atoms with Crippen LogP contribution in [0, 0.1) is 0 Å². The van der Waals surface area contributed by atoms with Gasteiger partial charge in [0, 0.05) is 0 Å². The highest BCUT2D eigenvalue weighted by Gasteiger charge is 2.21. The third-order valence-electron chi connectivity index (χ3n) is 2.63. The zero-order valence-corrected chi connectivity index (χ0v) is 11.4. The monoisotopic (exact) mass is 277 g/mol. The van der Waals surface area contributed by atoms with E-state index >= 15 is 0 Å². The Bertz CT molecular complexity index is 581. The highest BCUT2D eigenvalue weighted by Crippen LogP contribution is 2.26. The topological polar surface area (TPSA) is 81.1 Å². The molecule has 0 amide bonds. The van der Waals surface area contributed by atoms with Gasteiger partial charge < -0.3 is 10.8 Å². The van der Waals surface area contributed by atoms with Crippen LogP contribution in [0.15, 0.2) is 35.4 Å². The van der Waals surface area contributed by atoms with Crippen molar-refractivity contribution in [1.82, 2.24) is 9.78 Å². The predicted molar refractivity (Wildman–Crippen MR) is 75.5 cm³/mol. The van der Waals surface area contributed by atoms with Crippen LogP contribution in [-0.4, -0.2) is 26.6 Å². The fourth-order valence-corrected chi connectivity index (χ4v) is 2.53. The first-order chi connectivity index (χ1) is 9.13. The minimum atomic E-state index is -1.03. The summed E-state index contributed by atoms with van der Waals surface area (Å²) >= 11 is 1.38. The first kappa shape index (κ1) is 13.5. The molecule has 0 aliphatic rings. The van der Waals surface area contributed by atoms with Gasteiger partial charge in [0.25, 0.3) is 0 Å². The molecule has 1 aromatic carbocycles. The number of thioether (sulfide) groups is 1. The van der Waals surface area contributed by atoms with Crippen LogP contribution in [0.1, 0.15) is 22.8 Å². The standard InChI is InChI=1S/C13H15N3O2S/c1-2-19-12-10(13(17)18)11(14)16(15-12)8-9-6-4-3-5-7-9/h3-7H,2,8,14H2,1H3,(H,17,18). The molecule has 2 rings (SSSR count). The Hall–Kier alpha value is -1.95. The van der Waals surface area contributed by atoms with Gasteiger partial charge in [-0.15, -0.1) is 11.8 Å². The number of nitrogen functional groups attached to an aromatic ring is 1. The van der Waals surface area contributed by atoms with E-state index < -0.39 is 5.97 Å². The highest BCUT2D eigenvalue weighted by atomic mass is 32.2. The number of anilines is 1. The summed E-state index contributed by atoms with van der Waals surface area (Å²) in [6.45, 7) is 2.42. The second-order valence-electron chi connectivity index (χ2n) is 3.95. The molecule has 0 saturated carbocycles. The number of carboxylic acid groups (broad SMARTS) is 1. The normalized spacial score (nSPS) is 10.6. The molecule has 0 atom stereocenters. The third kappa shape index (κ3) is 2.90. The molecule has 1 aromatic heterocycles. The van der Waals surface area contributed by atoms with Crippen LogP contribution in [0.3, 0.4) is 0 Å². The maximum Gasteiger partial charge on any atom is 0.342 e. The molecule has 3 N–H and O–H groups in total. The van der Waals surface area contributed by atoms with Crippen molar-refractivity contribution in [2.45, 2.75) is 18.5 Å². The van der Waals surface area contributed by atoms with Crippen molar-refractivity contribution in [2.24, 2.45) is 0 Å². The summed E-state index contributed by atoms with van der Waals surface area (Å²) in [4.78, 5) is 11.2. The minimum Gasteiger partial charge on any atom is -0.477 e. The van der Waals surface area contributed by atoms with E-state index in [4.69, 9.17) is 5.73 Å². The number of nitrogens with two attached hydrogens (primary N) is 1. The fourth-order valence-electron chi connectivity index (χ4n) is 1.77. The Labute approximate surface area is 115 Å². The summed E-state index contributed by atoms with van der Waals surface area (Å²) in [5.41, 5.74) is 7.02. The summed E-state index contributed by atoms with van der Waals surface area (Å²) in [6, 6.07) is 9.68. The van der Waals surface area contributed by atoms with Crippen molar-refractivity contribution in [3.63, 3.8) is 0 Å². The van der Waals surface area contributed by atoms with Crippen molar-refractivity contribution in [2.75, 3.05) is 11.5 Å². The molecule has 19 heavy (non-hydrogen) atoms. The number of aromatic carboxylic acids is 1. The van der Waals surface area contributed by atoms with Gasteiger partial charge in [0.05, 0.1) is 6.54 Å². The lowest BCUT2D eigenvalue weighted by Crippen LogP contribution is -2.08. The van der Waals surface area contributed by atoms with Crippen molar-refractivity contribution in [1.29, 1.82) is 0 Å². The average molecular weight is 277 g/mol. The Morgan fingerprint density at radius 3 is 2.68 bits per heavy atom. The molecular weight excluding hydrogens is 262 g/mol. The number of aromatic nitrogens is 2. The minimum absolute atomic E-state index is 0.0998. The summed E-state index contributed by atoms with van der Waals surface area (Å²) in [5.74, 6) is -0.0812. The molecule has 0 spiro atoms. The number of carboxylic acids is 1. The van der Waals surface area contributed by atoms with Crippen molar-refractivity contribution >= 4 is 23.5 Å². The Kier molecular flexibility index (Phi) is 4.11. The van der Waals surface area contributed by atoms with Crippen LogP contribution in [0.4, 0.5) is 5.82 Å². The average Bonchev–Trinajstić information content (AvgIpc) is 2.68. The molecular formula is C13H15N3O2S. The summed E-state index contributed by atoms with van der Waals surface area (Å²) < 4.78 is 1.54. The SMILES string of the molecule is CCSc1nn(Cc2ccccc2)c(N)c1C(=O)O. The van der Waals surface area contributed by atoms with E-state index in [9.17, 15) is 9.90 Å². The molecule has 0 bridgehead atoms. The van der Waals surface area contributed by atoms with Gasteiger partial charge in [-0.1, -0.05) is 37.3 Å². The van der Waals surface area contributed by atoms with Crippen LogP contribution in [0.2, 0.25) is 0 Å². The van der Waals surface area contributed by atoms with Gasteiger partial charge in [0.2, 0.25) is 0 Å². The van der Waals surface area contributed by atoms with E-state index in [1.54, 1.807) is 0 Å². The lowest BCUT2D eigenvalue weighted by Gasteiger charge is -2.03. The van der Waals surface area contributed by atoms with E-state index in [1.165, 1.54) is 16.4 Å². The lowest BCUT2D eigenvalue weighted by atomic mass is 10.2. The largest absolute Gasteiger partial charge is 0.477 e. The van der Waals surface area contributed by atoms with Crippen LogP contribution in [-0.2, 0) is 6.54 Å². The summed E-state index contributed by atoms with van der Waals surface area (Å²) in [7, 11) is 0. The number of hydrogen-bond acceptors (Lipinski definition) is 4. The number of hydrogen-bond donors (Lipinski definition) is 2. The van der Waals surface area contributed by atoms with Crippen molar-refractivity contribution in [3.05, 3.63) is 41.5 Å². The van der Waals surface area contributed by atoms with Gasteiger partial charge >= 0.3 is 5.97 Å². The van der Waals surface area contributed by atoms with Gasteiger partial charge in [0.1, 0.15) is 16.4 Å². The molecule has 100 valence electrons. The van der Waals surface area contributed by atoms with E-state index in [0.29, 0.717) is 11.6 Å². The molecule has 0 aliphatic heterocycles. The zero-order chi connectivity index (χ0) is 13.8. The number of carbonyl (C=O) groups is 1. The molecule has 0 aliphatic carbocycles. The molecule has 5 nitrogen and oxygen atoms in total. The number of benzene rings is 1. The fraction of sp³-hybridized carbons (Fsp3) is 0.231. The van der Waals surface area contributed by atoms with E-state index in [0.717, 1.165) is 11.3 Å². The maximum atomic E-state index is 11.2. The first-order valence-electron chi connectivity index (χ1n) is 5.89. The van der Waals surface area contributed by atoms with Gasteiger partial charge in [-0.2, -0.15) is 5.10 Å². The van der Waals surface area contributed by atoms with Crippen molar-refractivity contribution < 1.29 is 9.90 Å². The summed E-state index contributed by atoms with van der Waals surface area (Å²) in [5, 5.41) is 14.0. The molecule has 0 radical (unpaired) electrons. The molecule has 6 heteroatoms. The molecule has 2 aromatic rings. The summed E-state index contributed by atoms with van der Waals surface area (Å²) in [6.07, 6.45) is 0. The number of nitrogens with zero attached hydrogens (tertiary/aromatic N) is 2. The van der Waals surface area contributed by atoms with Crippen LogP contribution >= 0.6 is 11.8 Å². The van der Waals surface area contributed by atoms with Crippen LogP contribution < -0.4 is 5.73 Å². The predicted octanol–water partition coefficient (Wildman–Crippen LogP) is 2.32. The van der Waals surface area contributed by atoms with Gasteiger partial charge in [-0.05, 0) is 11.3 Å². The lowest BCUT2D eigenvalue weighted by molar-refractivity contribution is 0.0694. The van der Waals surface area contributed by atoms with E-state index in [2.05, 4.69) is 5.10 Å². The third-order valence-corrected chi connectivity index (χ3v) is 3.48. The van der Waals surface area contributed by atoms with Gasteiger partial charge in [-0.25, -0.2) is 9.48 Å². The van der Waals surface area contributed by atoms with E-state index in [-0.39, 0.29) is 11.4 Å². The number of rotatable bonds is 5. The highest BCUT2D eigenvalue weighted by molar-refractivity contribution is 7.99. The van der Waals surface area contributed by atoms with Crippen LogP contribution in [0.25, 0.3) is 0 Å². The maximum absolute atomic E-state index is 11.2. The van der Waals surface area contributed by atoms with Gasteiger partial charge in [0.15, 0.2) is 0 Å². The Morgan fingerprint density at radius 1 is 1.42 bits per heavy atom. The van der Waals surface area contributed by atoms with Crippen molar-refractivity contribution in [3.8, 4) is 0 Å². The molecule has 0 fully saturated rings. The second-order valence-corrected chi connectivity index (χ2v) is 5.20. The van der Waals surface area contributed by atoms with Crippen LogP contribution in [0.5, 0.6) is 0 Å². The first-order valence-corrected chi connectivity index (χ1v) is 6.88. The zero-order valence-electron chi connectivity index (χ0n) is 10.5. The van der Waals surface area contributed by atoms with E-state index in [1.807, 2.05) is 37.3 Å². The molecule has 1 heterocycles. The Morgan fingerprint density at radius 2 is 2.11 bits per heavy atom. The van der Waals surface area contributed by atoms with Gasteiger partial charge in [-0.3, -0.25) is 0 Å². The smallest absolute Gasteiger partial charge is 0.342 e.